The monoisotopic (exact) mass is 299 g/mol. The van der Waals surface area contributed by atoms with Crippen LogP contribution in [0.15, 0.2) is 47.2 Å². The summed E-state index contributed by atoms with van der Waals surface area (Å²) in [5.41, 5.74) is 0. The number of benzene rings is 1. The molecule has 1 N–H and O–H groups in total. The first-order valence-corrected chi connectivity index (χ1v) is 7.97. The molecule has 20 heavy (non-hydrogen) atoms. The lowest BCUT2D eigenvalue weighted by Gasteiger charge is -2.12. The lowest BCUT2D eigenvalue weighted by atomic mass is 10.2. The number of hydrogen-bond acceptors (Lipinski definition) is 4. The molecule has 0 aliphatic heterocycles. The Hall–Kier alpha value is -1.96. The number of thiophene rings is 2. The highest BCUT2D eigenvalue weighted by molar-refractivity contribution is 7.17. The second-order valence-corrected chi connectivity index (χ2v) is 6.08. The molecule has 3 rings (SSSR count). The normalized spacial score (nSPS) is 11.7. The number of fused-ring (bicyclic) bond motifs is 1. The van der Waals surface area contributed by atoms with Gasteiger partial charge in [-0.15, -0.1) is 22.7 Å². The third-order valence-electron chi connectivity index (χ3n) is 2.81. The second-order valence-electron chi connectivity index (χ2n) is 4.15. The van der Waals surface area contributed by atoms with Crippen molar-refractivity contribution in [2.24, 2.45) is 0 Å². The Morgan fingerprint density at radius 3 is 2.90 bits per heavy atom. The molecular formula is C16H13NOS2. The molecule has 0 aliphatic carbocycles. The van der Waals surface area contributed by atoms with Gasteiger partial charge >= 0.3 is 0 Å². The third kappa shape index (κ3) is 2.79. The summed E-state index contributed by atoms with van der Waals surface area (Å²) in [7, 11) is 1.80. The van der Waals surface area contributed by atoms with Crippen LogP contribution in [-0.2, 0) is 0 Å². The summed E-state index contributed by atoms with van der Waals surface area (Å²) in [6.45, 7) is 0. The molecule has 4 heteroatoms. The maximum absolute atomic E-state index is 6.04. The van der Waals surface area contributed by atoms with Crippen LogP contribution in [0.3, 0.4) is 0 Å². The Morgan fingerprint density at radius 2 is 2.10 bits per heavy atom. The van der Waals surface area contributed by atoms with Crippen LogP contribution in [0.25, 0.3) is 10.1 Å². The molecule has 2 aromatic heterocycles. The van der Waals surface area contributed by atoms with Crippen molar-refractivity contribution < 1.29 is 4.74 Å². The van der Waals surface area contributed by atoms with E-state index >= 15 is 0 Å². The van der Waals surface area contributed by atoms with Crippen molar-refractivity contribution in [2.75, 3.05) is 7.05 Å². The van der Waals surface area contributed by atoms with Crippen LogP contribution in [0.4, 0.5) is 0 Å². The molecule has 3 aromatic rings. The quantitative estimate of drug-likeness (QED) is 0.576. The average Bonchev–Trinajstić information content (AvgIpc) is 3.13. The molecular weight excluding hydrogens is 286 g/mol. The topological polar surface area (TPSA) is 21.3 Å². The van der Waals surface area contributed by atoms with E-state index in [1.807, 2.05) is 23.6 Å². The highest BCUT2D eigenvalue weighted by Crippen LogP contribution is 2.29. The fourth-order valence-electron chi connectivity index (χ4n) is 1.89. The summed E-state index contributed by atoms with van der Waals surface area (Å²) < 4.78 is 7.31. The summed E-state index contributed by atoms with van der Waals surface area (Å²) in [6.07, 6.45) is -0.237. The van der Waals surface area contributed by atoms with Crippen LogP contribution in [0.1, 0.15) is 11.0 Å². The van der Waals surface area contributed by atoms with Gasteiger partial charge < -0.3 is 10.1 Å². The minimum Gasteiger partial charge on any atom is -0.472 e. The van der Waals surface area contributed by atoms with Gasteiger partial charge in [-0.1, -0.05) is 6.07 Å². The average molecular weight is 299 g/mol. The minimum absolute atomic E-state index is 0.237. The van der Waals surface area contributed by atoms with Crippen molar-refractivity contribution in [3.05, 3.63) is 52.0 Å². The molecule has 0 saturated heterocycles. The van der Waals surface area contributed by atoms with Crippen molar-refractivity contribution in [3.63, 3.8) is 0 Å². The van der Waals surface area contributed by atoms with Crippen LogP contribution < -0.4 is 10.1 Å². The van der Waals surface area contributed by atoms with Crippen molar-refractivity contribution in [1.29, 1.82) is 0 Å². The van der Waals surface area contributed by atoms with E-state index in [-0.39, 0.29) is 6.10 Å². The van der Waals surface area contributed by atoms with E-state index in [2.05, 4.69) is 40.9 Å². The molecule has 1 aromatic carbocycles. The zero-order valence-electron chi connectivity index (χ0n) is 10.9. The molecule has 100 valence electrons. The highest BCUT2D eigenvalue weighted by atomic mass is 32.1. The largest absolute Gasteiger partial charge is 0.472 e. The van der Waals surface area contributed by atoms with Crippen LogP contribution in [0.2, 0.25) is 0 Å². The molecule has 2 heterocycles. The van der Waals surface area contributed by atoms with Crippen LogP contribution in [-0.4, -0.2) is 7.05 Å². The molecule has 0 unspecified atom stereocenters. The van der Waals surface area contributed by atoms with Gasteiger partial charge in [0.05, 0.1) is 4.88 Å². The Bertz CT molecular complexity index is 749. The fourth-order valence-corrected chi connectivity index (χ4v) is 3.36. The Balaban J connectivity index is 1.88. The smallest absolute Gasteiger partial charge is 0.195 e. The minimum atomic E-state index is -0.237. The van der Waals surface area contributed by atoms with Crippen LogP contribution >= 0.6 is 22.7 Å². The van der Waals surface area contributed by atoms with Crippen molar-refractivity contribution in [2.45, 2.75) is 6.10 Å². The van der Waals surface area contributed by atoms with Gasteiger partial charge in [0.1, 0.15) is 5.75 Å². The lowest BCUT2D eigenvalue weighted by Crippen LogP contribution is -2.05. The maximum Gasteiger partial charge on any atom is 0.195 e. The van der Waals surface area contributed by atoms with Gasteiger partial charge in [0.25, 0.3) is 0 Å². The molecule has 0 radical (unpaired) electrons. The fraction of sp³-hybridized carbons (Fsp3) is 0.125. The molecule has 2 nitrogen and oxygen atoms in total. The van der Waals surface area contributed by atoms with Gasteiger partial charge in [-0.25, -0.2) is 0 Å². The summed E-state index contributed by atoms with van der Waals surface area (Å²) in [6, 6.07) is 15.2. The number of hydrogen-bond donors (Lipinski definition) is 1. The zero-order valence-corrected chi connectivity index (χ0v) is 12.6. The van der Waals surface area contributed by atoms with Crippen LogP contribution in [0.5, 0.6) is 5.75 Å². The Labute approximate surface area is 126 Å². The molecule has 0 fully saturated rings. The maximum atomic E-state index is 6.04. The lowest BCUT2D eigenvalue weighted by molar-refractivity contribution is 0.269. The predicted octanol–water partition coefficient (Wildman–Crippen LogP) is 4.26. The molecule has 1 atom stereocenters. The van der Waals surface area contributed by atoms with E-state index in [1.54, 1.807) is 29.7 Å². The van der Waals surface area contributed by atoms with E-state index in [1.165, 1.54) is 10.1 Å². The summed E-state index contributed by atoms with van der Waals surface area (Å²) in [4.78, 5) is 1.11. The molecule has 0 amide bonds. The number of nitrogens with one attached hydrogen (secondary N) is 1. The van der Waals surface area contributed by atoms with Crippen molar-refractivity contribution in [3.8, 4) is 17.7 Å². The van der Waals surface area contributed by atoms with Gasteiger partial charge in [-0.3, -0.25) is 0 Å². The van der Waals surface area contributed by atoms with Crippen molar-refractivity contribution >= 4 is 32.8 Å². The summed E-state index contributed by atoms with van der Waals surface area (Å²) in [5.74, 6) is 3.94. The zero-order chi connectivity index (χ0) is 13.8. The predicted molar refractivity (Wildman–Crippen MR) is 86.3 cm³/mol. The Kier molecular flexibility index (Phi) is 3.91. The summed E-state index contributed by atoms with van der Waals surface area (Å²) >= 11 is 3.39. The van der Waals surface area contributed by atoms with Crippen molar-refractivity contribution in [1.82, 2.24) is 5.32 Å². The number of ether oxygens (including phenoxy) is 1. The van der Waals surface area contributed by atoms with E-state index in [0.29, 0.717) is 0 Å². The van der Waals surface area contributed by atoms with Gasteiger partial charge in [0, 0.05) is 17.8 Å². The van der Waals surface area contributed by atoms with E-state index in [4.69, 9.17) is 4.74 Å². The first kappa shape index (κ1) is 13.0. The van der Waals surface area contributed by atoms with Gasteiger partial charge in [0.15, 0.2) is 6.10 Å². The molecule has 0 aliphatic rings. The third-order valence-corrected chi connectivity index (χ3v) is 4.62. The van der Waals surface area contributed by atoms with E-state index in [0.717, 1.165) is 10.6 Å². The molecule has 0 spiro atoms. The van der Waals surface area contributed by atoms with E-state index < -0.39 is 0 Å². The van der Waals surface area contributed by atoms with E-state index in [9.17, 15) is 0 Å². The first-order valence-electron chi connectivity index (χ1n) is 6.21. The second kappa shape index (κ2) is 6.00. The van der Waals surface area contributed by atoms with Gasteiger partial charge in [-0.2, -0.15) is 0 Å². The molecule has 0 saturated carbocycles. The summed E-state index contributed by atoms with van der Waals surface area (Å²) in [5, 5.41) is 8.17. The first-order chi connectivity index (χ1) is 9.86. The molecule has 0 bridgehead atoms. The SMILES string of the molecule is CNC#C[C@H](Oc1ccc2sccc2c1)c1cccs1. The highest BCUT2D eigenvalue weighted by Gasteiger charge is 2.12. The Morgan fingerprint density at radius 1 is 1.15 bits per heavy atom. The number of rotatable bonds is 3. The standard InChI is InChI=1S/C16H13NOS2/c1-17-8-6-14(16-3-2-9-19-16)18-13-4-5-15-12(11-13)7-10-20-15/h2-5,7,9-11,14,17H,1H3/t14-/m0/s1. The van der Waals surface area contributed by atoms with Gasteiger partial charge in [0.2, 0.25) is 0 Å². The van der Waals surface area contributed by atoms with Crippen LogP contribution in [0, 0.1) is 12.0 Å². The van der Waals surface area contributed by atoms with Gasteiger partial charge in [-0.05, 0) is 52.4 Å².